The van der Waals surface area contributed by atoms with Crippen molar-refractivity contribution < 1.29 is 4.74 Å². The van der Waals surface area contributed by atoms with Crippen LogP contribution < -0.4 is 5.32 Å². The molecule has 1 atom stereocenters. The standard InChI is InChI=1S/C16H24N4OS/c22-16(18-12-15-4-2-10-21-15)20-8-6-19(7-9-20)13-14-3-1-5-17-11-14/h1,3,5,11,15H,2,4,6-10,12-13H2,(H,18,22). The molecule has 1 N–H and O–H groups in total. The average molecular weight is 320 g/mol. The molecule has 2 saturated heterocycles. The van der Waals surface area contributed by atoms with Crippen LogP contribution >= 0.6 is 12.2 Å². The Balaban J connectivity index is 1.38. The van der Waals surface area contributed by atoms with Crippen LogP contribution in [0.2, 0.25) is 0 Å². The second-order valence-corrected chi connectivity index (χ2v) is 6.33. The van der Waals surface area contributed by atoms with Gasteiger partial charge in [0.05, 0.1) is 6.10 Å². The van der Waals surface area contributed by atoms with Crippen LogP contribution in [0.1, 0.15) is 18.4 Å². The summed E-state index contributed by atoms with van der Waals surface area (Å²) in [6, 6.07) is 4.13. The SMILES string of the molecule is S=C(NCC1CCCO1)N1CCN(Cc2cccnc2)CC1. The molecule has 0 radical (unpaired) electrons. The second kappa shape index (κ2) is 7.85. The quantitative estimate of drug-likeness (QED) is 0.842. The first-order valence-electron chi connectivity index (χ1n) is 8.07. The van der Waals surface area contributed by atoms with Gasteiger partial charge in [-0.2, -0.15) is 0 Å². The fourth-order valence-electron chi connectivity index (χ4n) is 2.98. The number of thiocarbonyl (C=S) groups is 1. The highest BCUT2D eigenvalue weighted by Crippen LogP contribution is 2.11. The number of ether oxygens (including phenoxy) is 1. The number of nitrogens with zero attached hydrogens (tertiary/aromatic N) is 3. The Morgan fingerprint density at radius 3 is 2.91 bits per heavy atom. The molecule has 2 aliphatic rings. The second-order valence-electron chi connectivity index (χ2n) is 5.95. The molecule has 0 aliphatic carbocycles. The summed E-state index contributed by atoms with van der Waals surface area (Å²) in [5.74, 6) is 0. The lowest BCUT2D eigenvalue weighted by Gasteiger charge is -2.36. The maximum atomic E-state index is 5.62. The highest BCUT2D eigenvalue weighted by atomic mass is 32.1. The molecule has 5 nitrogen and oxygen atoms in total. The highest BCUT2D eigenvalue weighted by Gasteiger charge is 2.20. The average Bonchev–Trinajstić information content (AvgIpc) is 3.08. The van der Waals surface area contributed by atoms with Crippen LogP contribution in [0.4, 0.5) is 0 Å². The van der Waals surface area contributed by atoms with Gasteiger partial charge in [0.15, 0.2) is 5.11 Å². The summed E-state index contributed by atoms with van der Waals surface area (Å²) in [7, 11) is 0. The number of rotatable bonds is 4. The first-order valence-corrected chi connectivity index (χ1v) is 8.48. The summed E-state index contributed by atoms with van der Waals surface area (Å²) >= 11 is 5.51. The van der Waals surface area contributed by atoms with E-state index in [1.807, 2.05) is 18.5 Å². The lowest BCUT2D eigenvalue weighted by molar-refractivity contribution is 0.112. The molecule has 3 heterocycles. The predicted molar refractivity (Wildman–Crippen MR) is 90.7 cm³/mol. The molecule has 120 valence electrons. The van der Waals surface area contributed by atoms with Crippen molar-refractivity contribution in [3.05, 3.63) is 30.1 Å². The van der Waals surface area contributed by atoms with Crippen LogP contribution in [0.25, 0.3) is 0 Å². The van der Waals surface area contributed by atoms with Crippen molar-refractivity contribution in [1.82, 2.24) is 20.1 Å². The van der Waals surface area contributed by atoms with Gasteiger partial charge >= 0.3 is 0 Å². The summed E-state index contributed by atoms with van der Waals surface area (Å²) in [5, 5.41) is 4.23. The topological polar surface area (TPSA) is 40.6 Å². The van der Waals surface area contributed by atoms with E-state index in [9.17, 15) is 0 Å². The van der Waals surface area contributed by atoms with E-state index in [4.69, 9.17) is 17.0 Å². The van der Waals surface area contributed by atoms with E-state index < -0.39 is 0 Å². The van der Waals surface area contributed by atoms with E-state index in [1.165, 1.54) is 12.0 Å². The minimum atomic E-state index is 0.338. The van der Waals surface area contributed by atoms with Crippen LogP contribution in [0.15, 0.2) is 24.5 Å². The number of hydrogen-bond donors (Lipinski definition) is 1. The van der Waals surface area contributed by atoms with Crippen molar-refractivity contribution in [3.63, 3.8) is 0 Å². The number of hydrogen-bond acceptors (Lipinski definition) is 4. The largest absolute Gasteiger partial charge is 0.376 e. The van der Waals surface area contributed by atoms with Crippen LogP contribution in [-0.2, 0) is 11.3 Å². The molecular formula is C16H24N4OS. The lowest BCUT2D eigenvalue weighted by atomic mass is 10.2. The number of pyridine rings is 1. The molecule has 1 unspecified atom stereocenters. The zero-order chi connectivity index (χ0) is 15.2. The van der Waals surface area contributed by atoms with Crippen LogP contribution in [0.5, 0.6) is 0 Å². The molecule has 0 amide bonds. The van der Waals surface area contributed by atoms with Gasteiger partial charge in [0, 0.05) is 58.3 Å². The Labute approximate surface area is 137 Å². The molecule has 2 fully saturated rings. The Kier molecular flexibility index (Phi) is 5.58. The third-order valence-electron chi connectivity index (χ3n) is 4.29. The number of aromatic nitrogens is 1. The van der Waals surface area contributed by atoms with Crippen molar-refractivity contribution in [2.45, 2.75) is 25.5 Å². The maximum Gasteiger partial charge on any atom is 0.169 e. The van der Waals surface area contributed by atoms with Gasteiger partial charge in [0.2, 0.25) is 0 Å². The van der Waals surface area contributed by atoms with Gasteiger partial charge in [-0.1, -0.05) is 6.07 Å². The van der Waals surface area contributed by atoms with E-state index in [0.717, 1.165) is 57.4 Å². The minimum absolute atomic E-state index is 0.338. The Morgan fingerprint density at radius 1 is 1.36 bits per heavy atom. The van der Waals surface area contributed by atoms with E-state index in [1.54, 1.807) is 0 Å². The van der Waals surface area contributed by atoms with Crippen LogP contribution in [-0.4, -0.2) is 65.3 Å². The van der Waals surface area contributed by atoms with E-state index in [0.29, 0.717) is 6.10 Å². The summed E-state index contributed by atoms with van der Waals surface area (Å²) in [6.07, 6.45) is 6.42. The van der Waals surface area contributed by atoms with Gasteiger partial charge in [-0.3, -0.25) is 9.88 Å². The Bertz CT molecular complexity index is 470. The molecule has 2 aliphatic heterocycles. The lowest BCUT2D eigenvalue weighted by Crippen LogP contribution is -2.52. The van der Waals surface area contributed by atoms with E-state index >= 15 is 0 Å². The first-order chi connectivity index (χ1) is 10.8. The van der Waals surface area contributed by atoms with Gasteiger partial charge in [-0.05, 0) is 36.7 Å². The minimum Gasteiger partial charge on any atom is -0.376 e. The third-order valence-corrected chi connectivity index (χ3v) is 4.70. The van der Waals surface area contributed by atoms with Crippen molar-refractivity contribution in [2.75, 3.05) is 39.3 Å². The van der Waals surface area contributed by atoms with Crippen molar-refractivity contribution >= 4 is 17.3 Å². The Hall–Kier alpha value is -1.24. The molecule has 3 rings (SSSR count). The third kappa shape index (κ3) is 4.38. The molecular weight excluding hydrogens is 296 g/mol. The van der Waals surface area contributed by atoms with Gasteiger partial charge in [-0.15, -0.1) is 0 Å². The zero-order valence-corrected chi connectivity index (χ0v) is 13.7. The molecule has 1 aromatic heterocycles. The molecule has 0 aromatic carbocycles. The molecule has 22 heavy (non-hydrogen) atoms. The molecule has 6 heteroatoms. The maximum absolute atomic E-state index is 5.62. The first kappa shape index (κ1) is 15.6. The van der Waals surface area contributed by atoms with Crippen LogP contribution in [0, 0.1) is 0 Å². The van der Waals surface area contributed by atoms with Gasteiger partial charge in [-0.25, -0.2) is 0 Å². The number of piperazine rings is 1. The summed E-state index contributed by atoms with van der Waals surface area (Å²) in [6.45, 7) is 6.75. The molecule has 0 bridgehead atoms. The van der Waals surface area contributed by atoms with E-state index in [-0.39, 0.29) is 0 Å². The van der Waals surface area contributed by atoms with Gasteiger partial charge in [0.1, 0.15) is 0 Å². The normalized spacial score (nSPS) is 22.7. The summed E-state index contributed by atoms with van der Waals surface area (Å²) in [5.41, 5.74) is 1.27. The molecule has 0 saturated carbocycles. The van der Waals surface area contributed by atoms with Crippen molar-refractivity contribution in [2.24, 2.45) is 0 Å². The highest BCUT2D eigenvalue weighted by molar-refractivity contribution is 7.80. The smallest absolute Gasteiger partial charge is 0.169 e. The van der Waals surface area contributed by atoms with Gasteiger partial charge < -0.3 is 15.0 Å². The fraction of sp³-hybridized carbons (Fsp3) is 0.625. The number of nitrogens with one attached hydrogen (secondary N) is 1. The zero-order valence-electron chi connectivity index (χ0n) is 12.9. The summed E-state index contributed by atoms with van der Waals surface area (Å²) in [4.78, 5) is 8.90. The predicted octanol–water partition coefficient (Wildman–Crippen LogP) is 1.25. The Morgan fingerprint density at radius 2 is 2.23 bits per heavy atom. The van der Waals surface area contributed by atoms with Crippen LogP contribution in [0.3, 0.4) is 0 Å². The molecule has 1 aromatic rings. The molecule has 0 spiro atoms. The van der Waals surface area contributed by atoms with Gasteiger partial charge in [0.25, 0.3) is 0 Å². The van der Waals surface area contributed by atoms with Crippen molar-refractivity contribution in [1.29, 1.82) is 0 Å². The van der Waals surface area contributed by atoms with Crippen molar-refractivity contribution in [3.8, 4) is 0 Å². The van der Waals surface area contributed by atoms with E-state index in [2.05, 4.69) is 26.2 Å². The fourth-order valence-corrected chi connectivity index (χ4v) is 3.24. The summed E-state index contributed by atoms with van der Waals surface area (Å²) < 4.78 is 5.62. The monoisotopic (exact) mass is 320 g/mol.